The summed E-state index contributed by atoms with van der Waals surface area (Å²) in [5.74, 6) is 0.317. The molecule has 0 aliphatic carbocycles. The zero-order valence-electron chi connectivity index (χ0n) is 15.8. The van der Waals surface area contributed by atoms with Crippen LogP contribution >= 0.6 is 11.8 Å². The van der Waals surface area contributed by atoms with Crippen LogP contribution in [0.3, 0.4) is 0 Å². The summed E-state index contributed by atoms with van der Waals surface area (Å²) < 4.78 is 12.2. The largest absolute Gasteiger partial charge is 0.394 e. The molecule has 0 spiro atoms. The number of hydrogen-bond acceptors (Lipinski definition) is 6. The molecule has 0 aliphatic heterocycles. The Morgan fingerprint density at radius 2 is 2.00 bits per heavy atom. The molecule has 2 aromatic rings. The molecule has 1 heterocycles. The van der Waals surface area contributed by atoms with E-state index < -0.39 is 34.0 Å². The molecule has 1 amide bonds. The maximum atomic E-state index is 12.2. The predicted octanol–water partition coefficient (Wildman–Crippen LogP) is 0.502. The Bertz CT molecular complexity index is 985. The highest BCUT2D eigenvalue weighted by atomic mass is 32.2. The Kier molecular flexibility index (Phi) is 9.10. The number of aromatic amines is 2. The van der Waals surface area contributed by atoms with Crippen molar-refractivity contribution >= 4 is 34.5 Å². The van der Waals surface area contributed by atoms with Crippen molar-refractivity contribution in [1.29, 1.82) is 0 Å². The van der Waals surface area contributed by atoms with E-state index in [0.29, 0.717) is 10.8 Å². The van der Waals surface area contributed by atoms with Crippen molar-refractivity contribution in [2.24, 2.45) is 0 Å². The molecule has 8 nitrogen and oxygen atoms in total. The van der Waals surface area contributed by atoms with Crippen LogP contribution in [0.25, 0.3) is 6.08 Å². The second-order valence-electron chi connectivity index (χ2n) is 6.23. The zero-order chi connectivity index (χ0) is 21.2. The minimum absolute atomic E-state index is 0.121. The summed E-state index contributed by atoms with van der Waals surface area (Å²) in [4.78, 5) is 39.5. The maximum absolute atomic E-state index is 12.2. The number of benzene rings is 1. The molecule has 2 atom stereocenters. The number of thioether (sulfide) groups is 1. The van der Waals surface area contributed by atoms with Crippen molar-refractivity contribution in [2.75, 3.05) is 17.4 Å². The van der Waals surface area contributed by atoms with Crippen molar-refractivity contribution in [3.8, 4) is 0 Å². The number of aliphatic hydroxyl groups excluding tert-OH is 1. The Morgan fingerprint density at radius 1 is 1.28 bits per heavy atom. The van der Waals surface area contributed by atoms with Crippen molar-refractivity contribution in [3.63, 3.8) is 0 Å². The maximum Gasteiger partial charge on any atom is 0.325 e. The van der Waals surface area contributed by atoms with E-state index in [1.807, 2.05) is 30.3 Å². The summed E-state index contributed by atoms with van der Waals surface area (Å²) in [6, 6.07) is 9.15. The normalized spacial score (nSPS) is 13.3. The summed E-state index contributed by atoms with van der Waals surface area (Å²) in [6.07, 6.45) is 2.41. The van der Waals surface area contributed by atoms with Gasteiger partial charge in [0.1, 0.15) is 0 Å². The van der Waals surface area contributed by atoms with E-state index >= 15 is 0 Å². The van der Waals surface area contributed by atoms with Gasteiger partial charge in [0.25, 0.3) is 5.56 Å². The first-order chi connectivity index (χ1) is 13.9. The van der Waals surface area contributed by atoms with Crippen LogP contribution in [0.5, 0.6) is 0 Å². The molecule has 10 heteroatoms. The fourth-order valence-electron chi connectivity index (χ4n) is 2.46. The number of rotatable bonds is 10. The molecule has 156 valence electrons. The van der Waals surface area contributed by atoms with Gasteiger partial charge in [0, 0.05) is 34.1 Å². The van der Waals surface area contributed by atoms with Gasteiger partial charge in [-0.15, -0.1) is 11.8 Å². The minimum Gasteiger partial charge on any atom is -0.394 e. The first-order valence-corrected chi connectivity index (χ1v) is 11.4. The quantitative estimate of drug-likeness (QED) is 0.400. The number of aliphatic hydroxyl groups is 1. The van der Waals surface area contributed by atoms with Gasteiger partial charge >= 0.3 is 5.69 Å². The summed E-state index contributed by atoms with van der Waals surface area (Å²) in [5.41, 5.74) is 0.394. The van der Waals surface area contributed by atoms with Gasteiger partial charge in [-0.1, -0.05) is 30.3 Å². The van der Waals surface area contributed by atoms with Gasteiger partial charge in [0.15, 0.2) is 0 Å². The van der Waals surface area contributed by atoms with Gasteiger partial charge in [-0.2, -0.15) is 0 Å². The molecule has 0 bridgehead atoms. The summed E-state index contributed by atoms with van der Waals surface area (Å²) in [6.45, 7) is 1.19. The Hall–Kier alpha value is -2.43. The minimum atomic E-state index is -1.22. The lowest BCUT2D eigenvalue weighted by molar-refractivity contribution is -0.117. The van der Waals surface area contributed by atoms with E-state index in [0.717, 1.165) is 17.4 Å². The summed E-state index contributed by atoms with van der Waals surface area (Å²) in [5, 5.41) is 12.4. The third-order valence-corrected chi connectivity index (χ3v) is 6.89. The van der Waals surface area contributed by atoms with E-state index in [1.54, 1.807) is 6.92 Å². The Balaban J connectivity index is 1.84. The van der Waals surface area contributed by atoms with Gasteiger partial charge in [-0.05, 0) is 18.6 Å². The number of aromatic nitrogens is 2. The lowest BCUT2D eigenvalue weighted by atomic mass is 10.2. The van der Waals surface area contributed by atoms with Crippen molar-refractivity contribution < 1.29 is 14.1 Å². The van der Waals surface area contributed by atoms with E-state index in [2.05, 4.69) is 15.3 Å². The number of carbonyl (C=O) groups is 1. The second-order valence-corrected chi connectivity index (χ2v) is 9.08. The number of hydrogen-bond donors (Lipinski definition) is 4. The first kappa shape index (κ1) is 22.9. The van der Waals surface area contributed by atoms with E-state index in [1.165, 1.54) is 17.8 Å². The predicted molar refractivity (Wildman–Crippen MR) is 116 cm³/mol. The van der Waals surface area contributed by atoms with Crippen molar-refractivity contribution in [2.45, 2.75) is 18.7 Å². The molecule has 0 fully saturated rings. The van der Waals surface area contributed by atoms with E-state index in [-0.39, 0.29) is 17.9 Å². The van der Waals surface area contributed by atoms with Gasteiger partial charge < -0.3 is 15.4 Å². The lowest BCUT2D eigenvalue weighted by Crippen LogP contribution is -2.40. The fraction of sp³-hybridized carbons (Fsp3) is 0.316. The van der Waals surface area contributed by atoms with Crippen LogP contribution < -0.4 is 16.6 Å². The highest BCUT2D eigenvalue weighted by Crippen LogP contribution is 2.13. The number of nitrogens with one attached hydrogen (secondary N) is 3. The average Bonchev–Trinajstić information content (AvgIpc) is 2.67. The molecule has 29 heavy (non-hydrogen) atoms. The van der Waals surface area contributed by atoms with E-state index in [4.69, 9.17) is 0 Å². The molecule has 0 radical (unpaired) electrons. The smallest absolute Gasteiger partial charge is 0.325 e. The molecule has 0 saturated heterocycles. The third kappa shape index (κ3) is 7.84. The van der Waals surface area contributed by atoms with Gasteiger partial charge in [0.05, 0.1) is 23.3 Å². The number of aryl methyl sites for hydroxylation is 1. The summed E-state index contributed by atoms with van der Waals surface area (Å²) >= 11 is 1.52. The van der Waals surface area contributed by atoms with Crippen LogP contribution in [-0.2, 0) is 21.3 Å². The molecule has 0 aliphatic rings. The SMILES string of the molecule is Cc1[nH]c(=O)[nH]c(=O)c1/C=C/C(=O)N[C@@H](CO)CS(=O)CSCc1ccccc1. The van der Waals surface area contributed by atoms with Crippen LogP contribution in [0.2, 0.25) is 0 Å². The van der Waals surface area contributed by atoms with Crippen LogP contribution in [-0.4, -0.2) is 48.7 Å². The number of amides is 1. The molecule has 1 unspecified atom stereocenters. The highest BCUT2D eigenvalue weighted by Gasteiger charge is 2.14. The first-order valence-electron chi connectivity index (χ1n) is 8.78. The van der Waals surface area contributed by atoms with Gasteiger partial charge in [-0.3, -0.25) is 18.8 Å². The third-order valence-electron chi connectivity index (χ3n) is 3.86. The van der Waals surface area contributed by atoms with Crippen LogP contribution in [0.1, 0.15) is 16.8 Å². The highest BCUT2D eigenvalue weighted by molar-refractivity contribution is 8.09. The van der Waals surface area contributed by atoms with Gasteiger partial charge in [-0.25, -0.2) is 4.79 Å². The lowest BCUT2D eigenvalue weighted by Gasteiger charge is -2.14. The van der Waals surface area contributed by atoms with Crippen molar-refractivity contribution in [3.05, 3.63) is 74.1 Å². The monoisotopic (exact) mass is 437 g/mol. The molecule has 2 rings (SSSR count). The molecular formula is C19H23N3O5S2. The van der Waals surface area contributed by atoms with E-state index in [9.17, 15) is 23.7 Å². The van der Waals surface area contributed by atoms with Crippen LogP contribution in [0, 0.1) is 6.92 Å². The standard InChI is InChI=1S/C19H23N3O5S2/c1-13-16(18(25)22-19(26)20-13)7-8-17(24)21-15(9-23)11-29(27)12-28-10-14-5-3-2-4-6-14/h2-8,15,23H,9-12H2,1H3,(H,21,24)(H2,20,22,25,26)/b8-7+/t15-,29?/m0/s1. The number of H-pyrrole nitrogens is 2. The topological polar surface area (TPSA) is 132 Å². The molecular weight excluding hydrogens is 414 g/mol. The Morgan fingerprint density at radius 3 is 2.66 bits per heavy atom. The number of carbonyl (C=O) groups excluding carboxylic acids is 1. The van der Waals surface area contributed by atoms with Crippen LogP contribution in [0.15, 0.2) is 46.0 Å². The molecule has 1 aromatic carbocycles. The summed E-state index contributed by atoms with van der Waals surface area (Å²) in [7, 11) is -1.22. The fourth-order valence-corrected chi connectivity index (χ4v) is 4.99. The average molecular weight is 438 g/mol. The molecule has 1 aromatic heterocycles. The molecule has 0 saturated carbocycles. The molecule has 4 N–H and O–H groups in total. The van der Waals surface area contributed by atoms with Gasteiger partial charge in [0.2, 0.25) is 5.91 Å². The van der Waals surface area contributed by atoms with Crippen molar-refractivity contribution in [1.82, 2.24) is 15.3 Å². The Labute approximate surface area is 174 Å². The van der Waals surface area contributed by atoms with Crippen LogP contribution in [0.4, 0.5) is 0 Å². The second kappa shape index (κ2) is 11.5. The zero-order valence-corrected chi connectivity index (χ0v) is 17.5.